The van der Waals surface area contributed by atoms with Gasteiger partial charge in [-0.25, -0.2) is 9.78 Å². The molecule has 5 heteroatoms. The van der Waals surface area contributed by atoms with Crippen LogP contribution in [0.5, 0.6) is 0 Å². The quantitative estimate of drug-likeness (QED) is 0.744. The van der Waals surface area contributed by atoms with Crippen molar-refractivity contribution in [1.29, 1.82) is 0 Å². The topological polar surface area (TPSA) is 63.0 Å². The Labute approximate surface area is 121 Å². The van der Waals surface area contributed by atoms with Crippen LogP contribution >= 0.6 is 0 Å². The molecule has 0 fully saturated rings. The molecule has 0 saturated heterocycles. The number of rotatable bonds is 1. The lowest BCUT2D eigenvalue weighted by molar-refractivity contribution is 0.446. The van der Waals surface area contributed by atoms with E-state index in [1.165, 1.54) is 16.4 Å². The number of aromatic nitrogens is 4. The molecule has 0 bridgehead atoms. The molecule has 106 valence electrons. The third-order valence-electron chi connectivity index (χ3n) is 4.70. The highest BCUT2D eigenvalue weighted by Crippen LogP contribution is 2.44. The van der Waals surface area contributed by atoms with Crippen LogP contribution in [-0.4, -0.2) is 19.6 Å². The molecule has 0 aliphatic heterocycles. The van der Waals surface area contributed by atoms with Gasteiger partial charge in [-0.1, -0.05) is 38.1 Å². The van der Waals surface area contributed by atoms with Crippen LogP contribution in [0.2, 0.25) is 0 Å². The van der Waals surface area contributed by atoms with Crippen LogP contribution in [0.4, 0.5) is 0 Å². The lowest BCUT2D eigenvalue weighted by Gasteiger charge is -2.35. The maximum Gasteiger partial charge on any atom is 0.348 e. The molecule has 1 N–H and O–H groups in total. The lowest BCUT2D eigenvalue weighted by Crippen LogP contribution is -2.33. The predicted molar refractivity (Wildman–Crippen MR) is 80.4 cm³/mol. The van der Waals surface area contributed by atoms with E-state index in [0.29, 0.717) is 5.65 Å². The number of hydrogen-bond acceptors (Lipinski definition) is 3. The van der Waals surface area contributed by atoms with Crippen LogP contribution in [0.15, 0.2) is 35.4 Å². The molecule has 21 heavy (non-hydrogen) atoms. The Balaban J connectivity index is 2.20. The smallest absolute Gasteiger partial charge is 0.305 e. The summed E-state index contributed by atoms with van der Waals surface area (Å²) in [6.07, 6.45) is 3.37. The van der Waals surface area contributed by atoms with Crippen molar-refractivity contribution in [3.63, 3.8) is 0 Å². The molecular weight excluding hydrogens is 264 g/mol. The molecule has 0 saturated carbocycles. The number of H-pyrrole nitrogens is 1. The van der Waals surface area contributed by atoms with Crippen molar-refractivity contribution in [2.45, 2.75) is 32.1 Å². The van der Waals surface area contributed by atoms with Crippen molar-refractivity contribution < 1.29 is 0 Å². The molecule has 0 radical (unpaired) electrons. The fraction of sp³-hybridized carbons (Fsp3) is 0.312. The highest BCUT2D eigenvalue weighted by molar-refractivity contribution is 5.77. The van der Waals surface area contributed by atoms with Crippen molar-refractivity contribution in [2.24, 2.45) is 0 Å². The molecule has 1 aliphatic rings. The van der Waals surface area contributed by atoms with E-state index in [1.807, 2.05) is 12.1 Å². The van der Waals surface area contributed by atoms with Gasteiger partial charge in [-0.05, 0) is 18.4 Å². The second kappa shape index (κ2) is 4.04. The zero-order valence-corrected chi connectivity index (χ0v) is 12.1. The summed E-state index contributed by atoms with van der Waals surface area (Å²) in [6.45, 7) is 4.41. The van der Waals surface area contributed by atoms with Crippen LogP contribution in [0.3, 0.4) is 0 Å². The Morgan fingerprint density at radius 1 is 1.38 bits per heavy atom. The van der Waals surface area contributed by atoms with Crippen LogP contribution < -0.4 is 5.69 Å². The molecule has 1 atom stereocenters. The van der Waals surface area contributed by atoms with Crippen LogP contribution in [0, 0.1) is 0 Å². The van der Waals surface area contributed by atoms with E-state index in [0.717, 1.165) is 29.7 Å². The SMILES string of the molecule is CCC1(C)Cc2ccccc2-c2[nH]c(=O)n3ncnc3c21. The van der Waals surface area contributed by atoms with E-state index in [9.17, 15) is 4.79 Å². The van der Waals surface area contributed by atoms with E-state index in [4.69, 9.17) is 0 Å². The second-order valence-corrected chi connectivity index (χ2v) is 5.92. The minimum Gasteiger partial charge on any atom is -0.305 e. The minimum absolute atomic E-state index is 0.0534. The van der Waals surface area contributed by atoms with Gasteiger partial charge in [0.05, 0.1) is 5.69 Å². The molecule has 4 rings (SSSR count). The maximum atomic E-state index is 12.2. The largest absolute Gasteiger partial charge is 0.348 e. The Kier molecular flexibility index (Phi) is 2.37. The zero-order chi connectivity index (χ0) is 14.6. The third-order valence-corrected chi connectivity index (χ3v) is 4.70. The highest BCUT2D eigenvalue weighted by Gasteiger charge is 2.37. The molecule has 3 aromatic rings. The van der Waals surface area contributed by atoms with Gasteiger partial charge in [-0.2, -0.15) is 9.61 Å². The van der Waals surface area contributed by atoms with Gasteiger partial charge < -0.3 is 4.98 Å². The van der Waals surface area contributed by atoms with E-state index in [-0.39, 0.29) is 11.1 Å². The maximum absolute atomic E-state index is 12.2. The fourth-order valence-electron chi connectivity index (χ4n) is 3.40. The van der Waals surface area contributed by atoms with Crippen LogP contribution in [-0.2, 0) is 11.8 Å². The lowest BCUT2D eigenvalue weighted by atomic mass is 9.69. The Morgan fingerprint density at radius 2 is 2.19 bits per heavy atom. The molecule has 0 amide bonds. The minimum atomic E-state index is -0.239. The van der Waals surface area contributed by atoms with Gasteiger partial charge in [0.1, 0.15) is 6.33 Å². The van der Waals surface area contributed by atoms with Crippen molar-refractivity contribution in [3.05, 3.63) is 52.2 Å². The van der Waals surface area contributed by atoms with Crippen molar-refractivity contribution in [1.82, 2.24) is 19.6 Å². The Morgan fingerprint density at radius 3 is 3.00 bits per heavy atom. The van der Waals surface area contributed by atoms with Gasteiger partial charge >= 0.3 is 5.69 Å². The average molecular weight is 280 g/mol. The number of benzene rings is 1. The predicted octanol–water partition coefficient (Wildman–Crippen LogP) is 2.31. The highest BCUT2D eigenvalue weighted by atomic mass is 16.1. The van der Waals surface area contributed by atoms with Crippen molar-refractivity contribution in [2.75, 3.05) is 0 Å². The van der Waals surface area contributed by atoms with Crippen LogP contribution in [0.1, 0.15) is 31.4 Å². The summed E-state index contributed by atoms with van der Waals surface area (Å²) in [7, 11) is 0. The second-order valence-electron chi connectivity index (χ2n) is 5.92. The first-order valence-corrected chi connectivity index (χ1v) is 7.19. The van der Waals surface area contributed by atoms with Gasteiger partial charge in [0.15, 0.2) is 5.65 Å². The molecule has 2 heterocycles. The molecule has 1 aromatic carbocycles. The number of hydrogen-bond donors (Lipinski definition) is 1. The van der Waals surface area contributed by atoms with E-state index >= 15 is 0 Å². The zero-order valence-electron chi connectivity index (χ0n) is 12.1. The van der Waals surface area contributed by atoms with E-state index in [2.05, 4.69) is 41.0 Å². The molecular formula is C16H16N4O. The Hall–Kier alpha value is -2.43. The number of nitrogens with zero attached hydrogens (tertiary/aromatic N) is 3. The van der Waals surface area contributed by atoms with Gasteiger partial charge in [-0.3, -0.25) is 0 Å². The first kappa shape index (κ1) is 12.3. The molecule has 1 unspecified atom stereocenters. The summed E-state index contributed by atoms with van der Waals surface area (Å²) in [5.41, 5.74) is 4.74. The van der Waals surface area contributed by atoms with Gasteiger partial charge in [-0.15, -0.1) is 0 Å². The number of aromatic amines is 1. The van der Waals surface area contributed by atoms with Gasteiger partial charge in [0, 0.05) is 16.5 Å². The summed E-state index contributed by atoms with van der Waals surface area (Å²) in [5, 5.41) is 4.04. The average Bonchev–Trinajstić information content (AvgIpc) is 2.97. The van der Waals surface area contributed by atoms with Crippen molar-refractivity contribution in [3.8, 4) is 11.3 Å². The standard InChI is InChI=1S/C16H16N4O/c1-3-16(2)8-10-6-4-5-7-11(10)13-12(16)14-17-9-18-20(14)15(21)19-13/h4-7,9H,3,8H2,1-2H3,(H,19,21). The summed E-state index contributed by atoms with van der Waals surface area (Å²) in [4.78, 5) is 19.6. The normalized spacial score (nSPS) is 20.3. The summed E-state index contributed by atoms with van der Waals surface area (Å²) in [6, 6.07) is 8.25. The molecule has 5 nitrogen and oxygen atoms in total. The fourth-order valence-corrected chi connectivity index (χ4v) is 3.40. The van der Waals surface area contributed by atoms with Gasteiger partial charge in [0.2, 0.25) is 0 Å². The molecule has 0 spiro atoms. The summed E-state index contributed by atoms with van der Waals surface area (Å²) in [5.74, 6) is 0. The Bertz CT molecular complexity index is 908. The first-order chi connectivity index (χ1) is 10.1. The number of nitrogens with one attached hydrogen (secondary N) is 1. The molecule has 2 aromatic heterocycles. The van der Waals surface area contributed by atoms with Crippen molar-refractivity contribution >= 4 is 5.65 Å². The van der Waals surface area contributed by atoms with E-state index in [1.54, 1.807) is 0 Å². The summed E-state index contributed by atoms with van der Waals surface area (Å²) >= 11 is 0. The third kappa shape index (κ3) is 1.54. The number of fused-ring (bicyclic) bond motifs is 5. The van der Waals surface area contributed by atoms with E-state index < -0.39 is 0 Å². The van der Waals surface area contributed by atoms with Crippen LogP contribution in [0.25, 0.3) is 16.9 Å². The monoisotopic (exact) mass is 280 g/mol. The van der Waals surface area contributed by atoms with Gasteiger partial charge in [0.25, 0.3) is 0 Å². The summed E-state index contributed by atoms with van der Waals surface area (Å²) < 4.78 is 1.36. The molecule has 1 aliphatic carbocycles. The first-order valence-electron chi connectivity index (χ1n) is 7.19.